The molecular formula is C32H39N5O5. The second-order valence-corrected chi connectivity index (χ2v) is 12.6. The zero-order valence-electron chi connectivity index (χ0n) is 24.8. The van der Waals surface area contributed by atoms with Crippen molar-refractivity contribution in [3.8, 4) is 6.07 Å². The molecule has 2 aromatic carbocycles. The average molecular weight is 574 g/mol. The van der Waals surface area contributed by atoms with Crippen LogP contribution >= 0.6 is 0 Å². The van der Waals surface area contributed by atoms with Crippen molar-refractivity contribution in [1.82, 2.24) is 15.5 Å². The maximum Gasteiger partial charge on any atom is 0.408 e. The number of likely N-dealkylation sites (tertiary alicyclic amines) is 1. The monoisotopic (exact) mass is 573 g/mol. The predicted octanol–water partition coefficient (Wildman–Crippen LogP) is 3.87. The van der Waals surface area contributed by atoms with Crippen molar-refractivity contribution in [3.63, 3.8) is 0 Å². The Hall–Kier alpha value is -4.39. The number of carbonyl (C=O) groups excluding carboxylic acids is 4. The molecule has 2 aromatic rings. The van der Waals surface area contributed by atoms with Gasteiger partial charge in [0.2, 0.25) is 17.7 Å². The van der Waals surface area contributed by atoms with E-state index < -0.39 is 46.9 Å². The summed E-state index contributed by atoms with van der Waals surface area (Å²) in [6.45, 7) is 9.36. The molecule has 10 heteroatoms. The summed E-state index contributed by atoms with van der Waals surface area (Å²) in [6, 6.07) is 15.9. The molecule has 4 rings (SSSR count). The van der Waals surface area contributed by atoms with E-state index in [4.69, 9.17) is 4.74 Å². The van der Waals surface area contributed by atoms with Gasteiger partial charge in [0.25, 0.3) is 0 Å². The van der Waals surface area contributed by atoms with E-state index in [9.17, 15) is 24.4 Å². The summed E-state index contributed by atoms with van der Waals surface area (Å²) in [5.41, 5.74) is 0.512. The second-order valence-electron chi connectivity index (χ2n) is 12.6. The van der Waals surface area contributed by atoms with Crippen molar-refractivity contribution in [2.75, 3.05) is 11.9 Å². The van der Waals surface area contributed by atoms with Crippen LogP contribution in [0.3, 0.4) is 0 Å². The highest BCUT2D eigenvalue weighted by molar-refractivity contribution is 6.07. The van der Waals surface area contributed by atoms with E-state index in [1.165, 1.54) is 4.90 Å². The summed E-state index contributed by atoms with van der Waals surface area (Å²) in [5.74, 6) is -1.18. The van der Waals surface area contributed by atoms with E-state index in [1.807, 2.05) is 62.4 Å². The van der Waals surface area contributed by atoms with Crippen LogP contribution in [-0.4, -0.2) is 53.4 Å². The van der Waals surface area contributed by atoms with Crippen molar-refractivity contribution in [2.24, 2.45) is 11.3 Å². The van der Waals surface area contributed by atoms with Crippen LogP contribution in [0.2, 0.25) is 0 Å². The Morgan fingerprint density at radius 1 is 1.10 bits per heavy atom. The molecule has 0 radical (unpaired) electrons. The smallest absolute Gasteiger partial charge is 0.408 e. The minimum Gasteiger partial charge on any atom is -0.445 e. The second kappa shape index (κ2) is 12.2. The van der Waals surface area contributed by atoms with Crippen LogP contribution in [0.4, 0.5) is 10.5 Å². The van der Waals surface area contributed by atoms with Gasteiger partial charge in [-0.05, 0) is 34.9 Å². The number of amides is 4. The highest BCUT2D eigenvalue weighted by Crippen LogP contribution is 2.46. The van der Waals surface area contributed by atoms with Crippen molar-refractivity contribution in [2.45, 2.75) is 77.6 Å². The summed E-state index contributed by atoms with van der Waals surface area (Å²) in [6.07, 6.45) is -0.276. The fourth-order valence-electron chi connectivity index (χ4n) is 5.69. The first-order valence-corrected chi connectivity index (χ1v) is 14.2. The van der Waals surface area contributed by atoms with Crippen LogP contribution in [0, 0.1) is 22.7 Å². The number of hydrogen-bond donors (Lipinski definition) is 3. The first-order chi connectivity index (χ1) is 19.9. The fourth-order valence-corrected chi connectivity index (χ4v) is 5.69. The molecule has 1 unspecified atom stereocenters. The standard InChI is InChI=1S/C32H39N5O5/c1-20(2)15-25(34-27(38)26(31(3,4)5)36-30(41)42-18-21-11-7-6-8-12-21)28(39)37-19-32(16-22(37)17-33)23-13-9-10-14-24(23)35-29(32)40/h6-14,20,22,25-26H,15-16,18-19H2,1-5H3,(H,34,38)(H,35,40)(H,36,41)/t22-,25-,26?,32-/m0/s1. The molecule has 2 aliphatic rings. The molecule has 1 saturated heterocycles. The number of rotatable bonds is 8. The third-order valence-electron chi connectivity index (χ3n) is 7.84. The number of nitriles is 1. The molecule has 222 valence electrons. The van der Waals surface area contributed by atoms with E-state index in [0.29, 0.717) is 12.1 Å². The molecule has 1 spiro atoms. The number of nitrogens with one attached hydrogen (secondary N) is 3. The number of ether oxygens (including phenoxy) is 1. The highest BCUT2D eigenvalue weighted by atomic mass is 16.5. The van der Waals surface area contributed by atoms with E-state index in [2.05, 4.69) is 22.0 Å². The number of nitrogens with zero attached hydrogens (tertiary/aromatic N) is 2. The Bertz CT molecular complexity index is 1380. The topological polar surface area (TPSA) is 141 Å². The van der Waals surface area contributed by atoms with Gasteiger partial charge < -0.3 is 25.6 Å². The molecule has 2 aliphatic heterocycles. The third-order valence-corrected chi connectivity index (χ3v) is 7.84. The summed E-state index contributed by atoms with van der Waals surface area (Å²) in [7, 11) is 0. The molecule has 2 heterocycles. The molecule has 0 aromatic heterocycles. The average Bonchev–Trinajstić information content (AvgIpc) is 3.47. The summed E-state index contributed by atoms with van der Waals surface area (Å²) in [5, 5.41) is 18.4. The molecular weight excluding hydrogens is 534 g/mol. The van der Waals surface area contributed by atoms with E-state index in [0.717, 1.165) is 11.1 Å². The molecule has 0 saturated carbocycles. The van der Waals surface area contributed by atoms with Gasteiger partial charge in [0.05, 0.1) is 11.5 Å². The number of benzene rings is 2. The largest absolute Gasteiger partial charge is 0.445 e. The SMILES string of the molecule is CC(C)C[C@H](NC(=O)C(NC(=O)OCc1ccccc1)C(C)(C)C)C(=O)N1C[C@]2(C[C@H]1C#N)C(=O)Nc1ccccc12. The molecule has 4 amide bonds. The zero-order valence-corrected chi connectivity index (χ0v) is 24.8. The zero-order chi connectivity index (χ0) is 30.7. The number of para-hydroxylation sites is 1. The number of alkyl carbamates (subject to hydrolysis) is 1. The quantitative estimate of drug-likeness (QED) is 0.438. The van der Waals surface area contributed by atoms with Crippen molar-refractivity contribution >= 4 is 29.5 Å². The van der Waals surface area contributed by atoms with Crippen LogP contribution in [0.15, 0.2) is 54.6 Å². The van der Waals surface area contributed by atoms with E-state index in [1.54, 1.807) is 26.8 Å². The van der Waals surface area contributed by atoms with Gasteiger partial charge in [-0.1, -0.05) is 83.1 Å². The highest BCUT2D eigenvalue weighted by Gasteiger charge is 2.56. The van der Waals surface area contributed by atoms with Crippen LogP contribution in [0.1, 0.15) is 58.6 Å². The molecule has 0 aliphatic carbocycles. The van der Waals surface area contributed by atoms with Crippen molar-refractivity contribution < 1.29 is 23.9 Å². The Labute approximate surface area is 246 Å². The van der Waals surface area contributed by atoms with Crippen LogP contribution < -0.4 is 16.0 Å². The lowest BCUT2D eigenvalue weighted by molar-refractivity contribution is -0.138. The van der Waals surface area contributed by atoms with Crippen molar-refractivity contribution in [1.29, 1.82) is 5.26 Å². The number of anilines is 1. The Morgan fingerprint density at radius 2 is 1.76 bits per heavy atom. The lowest BCUT2D eigenvalue weighted by atomic mass is 9.80. The number of hydrogen-bond acceptors (Lipinski definition) is 6. The van der Waals surface area contributed by atoms with Gasteiger partial charge in [0.1, 0.15) is 24.7 Å². The van der Waals surface area contributed by atoms with Gasteiger partial charge in [-0.25, -0.2) is 4.79 Å². The maximum absolute atomic E-state index is 14.0. The molecule has 3 N–H and O–H groups in total. The molecule has 0 bridgehead atoms. The van der Waals surface area contributed by atoms with Gasteiger partial charge in [-0.15, -0.1) is 0 Å². The van der Waals surface area contributed by atoms with Crippen LogP contribution in [0.25, 0.3) is 0 Å². The predicted molar refractivity (Wildman–Crippen MR) is 157 cm³/mol. The normalized spacial score (nSPS) is 20.8. The summed E-state index contributed by atoms with van der Waals surface area (Å²) < 4.78 is 5.34. The van der Waals surface area contributed by atoms with Gasteiger partial charge in [0, 0.05) is 18.7 Å². The van der Waals surface area contributed by atoms with Crippen molar-refractivity contribution in [3.05, 3.63) is 65.7 Å². The lowest BCUT2D eigenvalue weighted by Crippen LogP contribution is -2.58. The minimum absolute atomic E-state index is 0.0312. The molecule has 4 atom stereocenters. The number of carbonyl (C=O) groups is 4. The molecule has 1 fully saturated rings. The maximum atomic E-state index is 14.0. The summed E-state index contributed by atoms with van der Waals surface area (Å²) >= 11 is 0. The molecule has 42 heavy (non-hydrogen) atoms. The van der Waals surface area contributed by atoms with Gasteiger partial charge >= 0.3 is 6.09 Å². The first kappa shape index (κ1) is 30.6. The molecule has 10 nitrogen and oxygen atoms in total. The van der Waals surface area contributed by atoms with Gasteiger partial charge in [-0.2, -0.15) is 5.26 Å². The lowest BCUT2D eigenvalue weighted by Gasteiger charge is -2.33. The Morgan fingerprint density at radius 3 is 2.40 bits per heavy atom. The Kier molecular flexibility index (Phi) is 8.90. The summed E-state index contributed by atoms with van der Waals surface area (Å²) in [4.78, 5) is 54.9. The third kappa shape index (κ3) is 6.40. The van der Waals surface area contributed by atoms with E-state index >= 15 is 0 Å². The van der Waals surface area contributed by atoms with Gasteiger partial charge in [0.15, 0.2) is 0 Å². The van der Waals surface area contributed by atoms with Gasteiger partial charge in [-0.3, -0.25) is 14.4 Å². The fraction of sp³-hybridized carbons (Fsp3) is 0.469. The Balaban J connectivity index is 1.51. The first-order valence-electron chi connectivity index (χ1n) is 14.2. The van der Waals surface area contributed by atoms with Crippen LogP contribution in [0.5, 0.6) is 0 Å². The minimum atomic E-state index is -1.03. The van der Waals surface area contributed by atoms with Crippen LogP contribution in [-0.2, 0) is 31.1 Å². The number of fused-ring (bicyclic) bond motifs is 2. The van der Waals surface area contributed by atoms with E-state index in [-0.39, 0.29) is 31.4 Å².